The molecule has 0 amide bonds. The number of ether oxygens (including phenoxy) is 1. The Labute approximate surface area is 123 Å². The van der Waals surface area contributed by atoms with Crippen molar-refractivity contribution in [3.63, 3.8) is 0 Å². The zero-order valence-electron chi connectivity index (χ0n) is 11.9. The summed E-state index contributed by atoms with van der Waals surface area (Å²) in [5.74, 6) is 0.130. The van der Waals surface area contributed by atoms with E-state index in [2.05, 4.69) is 0 Å². The normalized spacial score (nSPS) is 11.8. The highest BCUT2D eigenvalue weighted by molar-refractivity contribution is 5.40. The highest BCUT2D eigenvalue weighted by atomic mass is 19.1. The second-order valence-electron chi connectivity index (χ2n) is 4.92. The van der Waals surface area contributed by atoms with Crippen LogP contribution in [0.2, 0.25) is 0 Å². The number of benzene rings is 2. The third-order valence-corrected chi connectivity index (χ3v) is 3.19. The van der Waals surface area contributed by atoms with Crippen LogP contribution in [0.4, 0.5) is 4.39 Å². The molecule has 0 unspecified atom stereocenters. The van der Waals surface area contributed by atoms with Gasteiger partial charge in [-0.15, -0.1) is 0 Å². The highest BCUT2D eigenvalue weighted by Gasteiger charge is 2.11. The van der Waals surface area contributed by atoms with Gasteiger partial charge in [0.2, 0.25) is 0 Å². The summed E-state index contributed by atoms with van der Waals surface area (Å²) in [6.45, 7) is 3.64. The highest BCUT2D eigenvalue weighted by Crippen LogP contribution is 2.27. The predicted octanol–water partition coefficient (Wildman–Crippen LogP) is 3.64. The lowest BCUT2D eigenvalue weighted by molar-refractivity contribution is 0.190. The van der Waals surface area contributed by atoms with E-state index >= 15 is 0 Å². The molecule has 2 rings (SSSR count). The smallest absolute Gasteiger partial charge is 0.125 e. The summed E-state index contributed by atoms with van der Waals surface area (Å²) in [6, 6.07) is 11.5. The Kier molecular flexibility index (Phi) is 4.56. The van der Waals surface area contributed by atoms with Gasteiger partial charge in [0.05, 0.1) is 17.7 Å². The maximum Gasteiger partial charge on any atom is 0.125 e. The average Bonchev–Trinajstić information content (AvgIpc) is 2.45. The van der Waals surface area contributed by atoms with Crippen molar-refractivity contribution >= 4 is 0 Å². The van der Waals surface area contributed by atoms with Gasteiger partial charge in [0, 0.05) is 11.1 Å². The summed E-state index contributed by atoms with van der Waals surface area (Å²) in [7, 11) is 0. The van der Waals surface area contributed by atoms with E-state index in [4.69, 9.17) is 10.00 Å². The monoisotopic (exact) mass is 285 g/mol. The standard InChI is InChI=1S/C17H16FNO2/c1-11-3-6-16(12(2)20)17(7-11)21-10-14-8-15(18)5-4-13(14)9-19/h3-8,12,20H,10H2,1-2H3/t12-/m0/s1. The lowest BCUT2D eigenvalue weighted by Gasteiger charge is -2.15. The molecule has 1 N–H and O–H groups in total. The van der Waals surface area contributed by atoms with Crippen LogP contribution in [0.5, 0.6) is 5.75 Å². The molecule has 0 saturated heterocycles. The minimum absolute atomic E-state index is 0.0732. The molecule has 3 nitrogen and oxygen atoms in total. The van der Waals surface area contributed by atoms with E-state index in [1.165, 1.54) is 18.2 Å². The summed E-state index contributed by atoms with van der Waals surface area (Å²) in [5.41, 5.74) is 2.52. The van der Waals surface area contributed by atoms with E-state index in [9.17, 15) is 9.50 Å². The van der Waals surface area contributed by atoms with Crippen molar-refractivity contribution in [1.29, 1.82) is 5.26 Å². The van der Waals surface area contributed by atoms with Gasteiger partial charge in [0.1, 0.15) is 18.2 Å². The van der Waals surface area contributed by atoms with Gasteiger partial charge in [-0.2, -0.15) is 5.26 Å². The minimum atomic E-state index is -0.663. The van der Waals surface area contributed by atoms with Crippen LogP contribution in [0.1, 0.15) is 35.3 Å². The van der Waals surface area contributed by atoms with Crippen LogP contribution in [-0.2, 0) is 6.61 Å². The molecule has 0 aliphatic rings. The van der Waals surface area contributed by atoms with Crippen molar-refractivity contribution in [1.82, 2.24) is 0 Å². The predicted molar refractivity (Wildman–Crippen MR) is 77.3 cm³/mol. The van der Waals surface area contributed by atoms with E-state index in [-0.39, 0.29) is 6.61 Å². The number of hydrogen-bond donors (Lipinski definition) is 1. The van der Waals surface area contributed by atoms with Gasteiger partial charge in [0.25, 0.3) is 0 Å². The Morgan fingerprint density at radius 2 is 2.05 bits per heavy atom. The lowest BCUT2D eigenvalue weighted by Crippen LogP contribution is -2.03. The molecule has 0 aliphatic carbocycles. The molecular weight excluding hydrogens is 269 g/mol. The SMILES string of the molecule is Cc1ccc([C@H](C)O)c(OCc2cc(F)ccc2C#N)c1. The molecule has 108 valence electrons. The van der Waals surface area contributed by atoms with Gasteiger partial charge in [-0.1, -0.05) is 12.1 Å². The summed E-state index contributed by atoms with van der Waals surface area (Å²) < 4.78 is 19.0. The second-order valence-corrected chi connectivity index (χ2v) is 4.92. The van der Waals surface area contributed by atoms with E-state index in [0.717, 1.165) is 5.56 Å². The first-order valence-corrected chi connectivity index (χ1v) is 6.61. The minimum Gasteiger partial charge on any atom is -0.488 e. The van der Waals surface area contributed by atoms with E-state index in [1.54, 1.807) is 13.0 Å². The Morgan fingerprint density at radius 3 is 2.71 bits per heavy atom. The second kappa shape index (κ2) is 6.38. The fourth-order valence-electron chi connectivity index (χ4n) is 2.06. The molecule has 0 heterocycles. The fourth-order valence-corrected chi connectivity index (χ4v) is 2.06. The van der Waals surface area contributed by atoms with Crippen LogP contribution in [0, 0.1) is 24.1 Å². The van der Waals surface area contributed by atoms with Gasteiger partial charge in [-0.3, -0.25) is 0 Å². The van der Waals surface area contributed by atoms with Gasteiger partial charge >= 0.3 is 0 Å². The number of aryl methyl sites for hydroxylation is 1. The first-order chi connectivity index (χ1) is 10.0. The molecule has 4 heteroatoms. The fraction of sp³-hybridized carbons (Fsp3) is 0.235. The molecule has 0 saturated carbocycles. The third-order valence-electron chi connectivity index (χ3n) is 3.19. The molecule has 21 heavy (non-hydrogen) atoms. The molecule has 2 aromatic carbocycles. The van der Waals surface area contributed by atoms with Crippen LogP contribution in [0.15, 0.2) is 36.4 Å². The number of halogens is 1. The van der Waals surface area contributed by atoms with Crippen LogP contribution in [-0.4, -0.2) is 5.11 Å². The quantitative estimate of drug-likeness (QED) is 0.933. The number of rotatable bonds is 4. The van der Waals surface area contributed by atoms with Crippen molar-refractivity contribution < 1.29 is 14.2 Å². The van der Waals surface area contributed by atoms with Crippen LogP contribution < -0.4 is 4.74 Å². The van der Waals surface area contributed by atoms with E-state index in [0.29, 0.717) is 22.4 Å². The number of aliphatic hydroxyl groups excluding tert-OH is 1. The Balaban J connectivity index is 2.26. The van der Waals surface area contributed by atoms with Crippen LogP contribution >= 0.6 is 0 Å². The number of nitriles is 1. The maximum absolute atomic E-state index is 13.3. The van der Waals surface area contributed by atoms with Crippen molar-refractivity contribution in [2.45, 2.75) is 26.6 Å². The molecule has 0 aromatic heterocycles. The third kappa shape index (κ3) is 3.59. The Bertz CT molecular complexity index is 690. The van der Waals surface area contributed by atoms with Crippen molar-refractivity contribution in [3.05, 3.63) is 64.5 Å². The molecule has 0 bridgehead atoms. The topological polar surface area (TPSA) is 53.2 Å². The molecule has 2 aromatic rings. The van der Waals surface area contributed by atoms with Gasteiger partial charge < -0.3 is 9.84 Å². The Hall–Kier alpha value is -2.38. The lowest BCUT2D eigenvalue weighted by atomic mass is 10.1. The zero-order chi connectivity index (χ0) is 15.4. The average molecular weight is 285 g/mol. The number of hydrogen-bond acceptors (Lipinski definition) is 3. The molecule has 0 spiro atoms. The number of nitrogens with zero attached hydrogens (tertiary/aromatic N) is 1. The van der Waals surface area contributed by atoms with E-state index in [1.807, 2.05) is 25.1 Å². The van der Waals surface area contributed by atoms with Gasteiger partial charge in [0.15, 0.2) is 0 Å². The van der Waals surface area contributed by atoms with Crippen LogP contribution in [0.3, 0.4) is 0 Å². The largest absolute Gasteiger partial charge is 0.488 e. The van der Waals surface area contributed by atoms with E-state index < -0.39 is 11.9 Å². The molecule has 0 aliphatic heterocycles. The molecule has 1 atom stereocenters. The Morgan fingerprint density at radius 1 is 1.29 bits per heavy atom. The van der Waals surface area contributed by atoms with Crippen molar-refractivity contribution in [2.75, 3.05) is 0 Å². The maximum atomic E-state index is 13.3. The summed E-state index contributed by atoms with van der Waals surface area (Å²) >= 11 is 0. The molecule has 0 radical (unpaired) electrons. The first kappa shape index (κ1) is 15.0. The first-order valence-electron chi connectivity index (χ1n) is 6.61. The van der Waals surface area contributed by atoms with Crippen molar-refractivity contribution in [2.24, 2.45) is 0 Å². The summed E-state index contributed by atoms with van der Waals surface area (Å²) in [4.78, 5) is 0. The van der Waals surface area contributed by atoms with Gasteiger partial charge in [-0.25, -0.2) is 4.39 Å². The zero-order valence-corrected chi connectivity index (χ0v) is 11.9. The van der Waals surface area contributed by atoms with Crippen molar-refractivity contribution in [3.8, 4) is 11.8 Å². The summed E-state index contributed by atoms with van der Waals surface area (Å²) in [5, 5.41) is 18.8. The number of aliphatic hydroxyl groups is 1. The summed E-state index contributed by atoms with van der Waals surface area (Å²) in [6.07, 6.45) is -0.663. The molecular formula is C17H16FNO2. The van der Waals surface area contributed by atoms with Gasteiger partial charge in [-0.05, 0) is 43.7 Å². The van der Waals surface area contributed by atoms with Crippen LogP contribution in [0.25, 0.3) is 0 Å². The molecule has 0 fully saturated rings.